The van der Waals surface area contributed by atoms with Crippen molar-refractivity contribution in [3.8, 4) is 0 Å². The second kappa shape index (κ2) is 7.94. The summed E-state index contributed by atoms with van der Waals surface area (Å²) in [5, 5.41) is 11.5. The highest BCUT2D eigenvalue weighted by atomic mass is 16.5. The molecule has 0 aromatic carbocycles. The largest absolute Gasteiger partial charge is 0.395 e. The standard InChI is InChI=1S/C7H17NO3/c1-10-6-7(11-2)5-8-3-4-9/h7-9H,3-6H2,1-2H3. The first-order valence-corrected chi connectivity index (χ1v) is 3.68. The monoisotopic (exact) mass is 163 g/mol. The van der Waals surface area contributed by atoms with E-state index in [2.05, 4.69) is 5.32 Å². The van der Waals surface area contributed by atoms with Gasteiger partial charge in [-0.25, -0.2) is 0 Å². The molecule has 2 N–H and O–H groups in total. The number of aliphatic hydroxyl groups excluding tert-OH is 1. The van der Waals surface area contributed by atoms with Crippen molar-refractivity contribution in [2.75, 3.05) is 40.5 Å². The molecule has 0 aromatic heterocycles. The maximum absolute atomic E-state index is 8.45. The van der Waals surface area contributed by atoms with E-state index in [1.54, 1.807) is 14.2 Å². The summed E-state index contributed by atoms with van der Waals surface area (Å²) in [4.78, 5) is 0. The molecule has 11 heavy (non-hydrogen) atoms. The lowest BCUT2D eigenvalue weighted by Crippen LogP contribution is -2.33. The molecule has 0 aliphatic carbocycles. The number of aliphatic hydroxyl groups is 1. The van der Waals surface area contributed by atoms with Crippen LogP contribution in [-0.2, 0) is 9.47 Å². The molecule has 0 aliphatic heterocycles. The van der Waals surface area contributed by atoms with Gasteiger partial charge in [0.25, 0.3) is 0 Å². The minimum absolute atomic E-state index is 0.0755. The highest BCUT2D eigenvalue weighted by molar-refractivity contribution is 4.59. The molecule has 0 saturated heterocycles. The Kier molecular flexibility index (Phi) is 7.83. The summed E-state index contributed by atoms with van der Waals surface area (Å²) in [6.45, 7) is 2.05. The van der Waals surface area contributed by atoms with E-state index in [0.29, 0.717) is 19.7 Å². The molecule has 0 spiro atoms. The Hall–Kier alpha value is -0.160. The fraction of sp³-hybridized carbons (Fsp3) is 1.00. The minimum Gasteiger partial charge on any atom is -0.395 e. The highest BCUT2D eigenvalue weighted by Gasteiger charge is 2.04. The fourth-order valence-corrected chi connectivity index (χ4v) is 0.738. The average molecular weight is 163 g/mol. The smallest absolute Gasteiger partial charge is 0.0928 e. The first kappa shape index (κ1) is 10.8. The van der Waals surface area contributed by atoms with E-state index in [-0.39, 0.29) is 12.7 Å². The Morgan fingerprint density at radius 2 is 2.18 bits per heavy atom. The summed E-state index contributed by atoms with van der Waals surface area (Å²) in [5.41, 5.74) is 0. The number of ether oxygens (including phenoxy) is 2. The van der Waals surface area contributed by atoms with Crippen LogP contribution in [-0.4, -0.2) is 51.7 Å². The summed E-state index contributed by atoms with van der Waals surface area (Å²) in [7, 11) is 3.28. The SMILES string of the molecule is COCC(CNCCO)OC. The molecule has 0 aromatic rings. The molecule has 68 valence electrons. The molecule has 0 saturated carbocycles. The number of methoxy groups -OCH3 is 2. The lowest BCUT2D eigenvalue weighted by Gasteiger charge is -2.14. The van der Waals surface area contributed by atoms with Crippen LogP contribution >= 0.6 is 0 Å². The van der Waals surface area contributed by atoms with Crippen molar-refractivity contribution < 1.29 is 14.6 Å². The maximum atomic E-state index is 8.45. The summed E-state index contributed by atoms with van der Waals surface area (Å²) in [6, 6.07) is 0. The molecule has 1 atom stereocenters. The van der Waals surface area contributed by atoms with E-state index in [0.717, 1.165) is 0 Å². The lowest BCUT2D eigenvalue weighted by atomic mass is 10.4. The number of hydrogen-bond acceptors (Lipinski definition) is 4. The van der Waals surface area contributed by atoms with Gasteiger partial charge in [0.1, 0.15) is 0 Å². The molecular formula is C7H17NO3. The molecular weight excluding hydrogens is 146 g/mol. The third kappa shape index (κ3) is 6.25. The molecule has 0 fully saturated rings. The first-order chi connectivity index (χ1) is 5.35. The van der Waals surface area contributed by atoms with Gasteiger partial charge < -0.3 is 19.9 Å². The molecule has 4 heteroatoms. The predicted molar refractivity (Wildman–Crippen MR) is 42.6 cm³/mol. The molecule has 0 bridgehead atoms. The molecule has 0 amide bonds. The van der Waals surface area contributed by atoms with E-state index >= 15 is 0 Å². The van der Waals surface area contributed by atoms with Gasteiger partial charge >= 0.3 is 0 Å². The van der Waals surface area contributed by atoms with Crippen LogP contribution in [0.2, 0.25) is 0 Å². The normalized spacial score (nSPS) is 13.4. The van der Waals surface area contributed by atoms with E-state index in [1.165, 1.54) is 0 Å². The van der Waals surface area contributed by atoms with Crippen molar-refractivity contribution in [3.05, 3.63) is 0 Å². The Bertz CT molecular complexity index is 80.1. The molecule has 0 radical (unpaired) electrons. The van der Waals surface area contributed by atoms with Crippen LogP contribution in [0.1, 0.15) is 0 Å². The zero-order chi connectivity index (χ0) is 8.53. The maximum Gasteiger partial charge on any atom is 0.0928 e. The molecule has 0 rings (SSSR count). The van der Waals surface area contributed by atoms with Gasteiger partial charge in [0.15, 0.2) is 0 Å². The van der Waals surface area contributed by atoms with Crippen LogP contribution in [0, 0.1) is 0 Å². The van der Waals surface area contributed by atoms with E-state index in [1.807, 2.05) is 0 Å². The third-order valence-corrected chi connectivity index (χ3v) is 1.35. The second-order valence-corrected chi connectivity index (χ2v) is 2.24. The lowest BCUT2D eigenvalue weighted by molar-refractivity contribution is 0.0285. The van der Waals surface area contributed by atoms with Gasteiger partial charge in [0, 0.05) is 27.3 Å². The van der Waals surface area contributed by atoms with Crippen molar-refractivity contribution in [1.82, 2.24) is 5.32 Å². The van der Waals surface area contributed by atoms with E-state index in [9.17, 15) is 0 Å². The summed E-state index contributed by atoms with van der Waals surface area (Å²) in [5.74, 6) is 0. The van der Waals surface area contributed by atoms with Crippen LogP contribution in [0.25, 0.3) is 0 Å². The van der Waals surface area contributed by atoms with Crippen molar-refractivity contribution >= 4 is 0 Å². The van der Waals surface area contributed by atoms with Crippen LogP contribution in [0.15, 0.2) is 0 Å². The average Bonchev–Trinajstić information content (AvgIpc) is 2.03. The Balaban J connectivity index is 3.20. The predicted octanol–water partition coefficient (Wildman–Crippen LogP) is -0.770. The first-order valence-electron chi connectivity index (χ1n) is 3.68. The van der Waals surface area contributed by atoms with Gasteiger partial charge in [-0.05, 0) is 0 Å². The van der Waals surface area contributed by atoms with Gasteiger partial charge in [-0.2, -0.15) is 0 Å². The van der Waals surface area contributed by atoms with Crippen LogP contribution in [0.4, 0.5) is 0 Å². The molecule has 0 heterocycles. The van der Waals surface area contributed by atoms with Gasteiger partial charge in [-0.1, -0.05) is 0 Å². The van der Waals surface area contributed by atoms with Crippen molar-refractivity contribution in [2.24, 2.45) is 0 Å². The number of rotatable bonds is 7. The van der Waals surface area contributed by atoms with Crippen LogP contribution < -0.4 is 5.32 Å². The van der Waals surface area contributed by atoms with Crippen molar-refractivity contribution in [2.45, 2.75) is 6.10 Å². The van der Waals surface area contributed by atoms with Crippen LogP contribution in [0.3, 0.4) is 0 Å². The Labute approximate surface area is 67.5 Å². The zero-order valence-corrected chi connectivity index (χ0v) is 7.17. The second-order valence-electron chi connectivity index (χ2n) is 2.24. The highest BCUT2D eigenvalue weighted by Crippen LogP contribution is 1.87. The summed E-state index contributed by atoms with van der Waals surface area (Å²) < 4.78 is 9.97. The van der Waals surface area contributed by atoms with Crippen molar-refractivity contribution in [3.63, 3.8) is 0 Å². The number of hydrogen-bond donors (Lipinski definition) is 2. The number of nitrogens with one attached hydrogen (secondary N) is 1. The molecule has 4 nitrogen and oxygen atoms in total. The Morgan fingerprint density at radius 1 is 1.45 bits per heavy atom. The summed E-state index contributed by atoms with van der Waals surface area (Å²) >= 11 is 0. The topological polar surface area (TPSA) is 50.7 Å². The van der Waals surface area contributed by atoms with Gasteiger partial charge in [-0.15, -0.1) is 0 Å². The zero-order valence-electron chi connectivity index (χ0n) is 7.17. The van der Waals surface area contributed by atoms with Gasteiger partial charge in [0.05, 0.1) is 19.3 Å². The van der Waals surface area contributed by atoms with Crippen molar-refractivity contribution in [1.29, 1.82) is 0 Å². The molecule has 0 aliphatic rings. The van der Waals surface area contributed by atoms with Gasteiger partial charge in [-0.3, -0.25) is 0 Å². The van der Waals surface area contributed by atoms with E-state index < -0.39 is 0 Å². The molecule has 1 unspecified atom stereocenters. The van der Waals surface area contributed by atoms with E-state index in [4.69, 9.17) is 14.6 Å². The Morgan fingerprint density at radius 3 is 2.64 bits per heavy atom. The summed E-state index contributed by atoms with van der Waals surface area (Å²) in [6.07, 6.45) is 0.0755. The fourth-order valence-electron chi connectivity index (χ4n) is 0.738. The minimum atomic E-state index is 0.0755. The quantitative estimate of drug-likeness (QED) is 0.484. The van der Waals surface area contributed by atoms with Crippen LogP contribution in [0.5, 0.6) is 0 Å². The van der Waals surface area contributed by atoms with Gasteiger partial charge in [0.2, 0.25) is 0 Å². The third-order valence-electron chi connectivity index (χ3n) is 1.35.